The molecule has 1 fully saturated rings. The van der Waals surface area contributed by atoms with E-state index in [1.807, 2.05) is 0 Å². The Labute approximate surface area is 231 Å². The van der Waals surface area contributed by atoms with Crippen LogP contribution in [-0.2, 0) is 32.9 Å². The summed E-state index contributed by atoms with van der Waals surface area (Å²) in [7, 11) is -2.74. The maximum absolute atomic E-state index is 13.8. The summed E-state index contributed by atoms with van der Waals surface area (Å²) in [4.78, 5) is 37.2. The van der Waals surface area contributed by atoms with Crippen molar-refractivity contribution in [2.75, 3.05) is 26.9 Å². The average Bonchev–Trinajstić information content (AvgIpc) is 3.40. The first-order valence-corrected chi connectivity index (χ1v) is 14.3. The number of ether oxygens (including phenoxy) is 4. The van der Waals surface area contributed by atoms with Gasteiger partial charge in [0.15, 0.2) is 17.4 Å². The molecule has 224 valence electrons. The lowest BCUT2D eigenvalue weighted by Crippen LogP contribution is -2.45. The van der Waals surface area contributed by atoms with Crippen LogP contribution in [0, 0.1) is 6.92 Å². The fraction of sp³-hybridized carbons (Fsp3) is 0.696. The lowest BCUT2D eigenvalue weighted by Gasteiger charge is -2.28. The van der Waals surface area contributed by atoms with Crippen LogP contribution in [0.25, 0.3) is 11.2 Å². The predicted molar refractivity (Wildman–Crippen MR) is 139 cm³/mol. The van der Waals surface area contributed by atoms with Crippen molar-refractivity contribution in [3.8, 4) is 5.88 Å². The minimum atomic E-state index is -4.17. The summed E-state index contributed by atoms with van der Waals surface area (Å²) in [5.74, 6) is -0.786. The predicted octanol–water partition coefficient (Wildman–Crippen LogP) is 0.360. The van der Waals surface area contributed by atoms with E-state index >= 15 is 0 Å². The Morgan fingerprint density at radius 1 is 1.18 bits per heavy atom. The van der Waals surface area contributed by atoms with E-state index in [4.69, 9.17) is 23.5 Å². The van der Waals surface area contributed by atoms with Crippen molar-refractivity contribution < 1.29 is 47.8 Å². The van der Waals surface area contributed by atoms with Crippen molar-refractivity contribution in [2.24, 2.45) is 0 Å². The maximum atomic E-state index is 13.8. The van der Waals surface area contributed by atoms with E-state index in [0.29, 0.717) is 17.0 Å². The monoisotopic (exact) mass is 588 g/mol. The molecule has 1 aliphatic rings. The van der Waals surface area contributed by atoms with Gasteiger partial charge >= 0.3 is 19.6 Å². The molecule has 0 amide bonds. The zero-order valence-corrected chi connectivity index (χ0v) is 24.4. The summed E-state index contributed by atoms with van der Waals surface area (Å²) in [6.07, 6.45) is -2.53. The van der Waals surface area contributed by atoms with Gasteiger partial charge in [0, 0.05) is 0 Å². The molecule has 0 bridgehead atoms. The number of esters is 2. The first kappa shape index (κ1) is 31.8. The Morgan fingerprint density at radius 2 is 1.75 bits per heavy atom. The van der Waals surface area contributed by atoms with Crippen molar-refractivity contribution in [1.82, 2.24) is 29.7 Å². The number of rotatable bonds is 13. The fourth-order valence-corrected chi connectivity index (χ4v) is 5.94. The van der Waals surface area contributed by atoms with E-state index in [1.54, 1.807) is 20.8 Å². The minimum Gasteiger partial charge on any atom is -0.479 e. The lowest BCUT2D eigenvalue weighted by molar-refractivity contribution is -0.145. The molecular weight excluding hydrogens is 551 g/mol. The van der Waals surface area contributed by atoms with Crippen LogP contribution in [0.4, 0.5) is 0 Å². The van der Waals surface area contributed by atoms with Gasteiger partial charge in [-0.05, 0) is 41.5 Å². The highest BCUT2D eigenvalue weighted by atomic mass is 31.2. The largest absolute Gasteiger partial charge is 0.479 e. The van der Waals surface area contributed by atoms with E-state index in [-0.39, 0.29) is 19.1 Å². The Bertz CT molecular complexity index is 1230. The molecule has 1 aliphatic heterocycles. The number of aliphatic hydroxyl groups excluding tert-OH is 1. The molecule has 3 unspecified atom stereocenters. The molecule has 16 nitrogen and oxygen atoms in total. The van der Waals surface area contributed by atoms with Gasteiger partial charge in [-0.25, -0.2) is 20.1 Å². The number of aromatic nitrogens is 4. The van der Waals surface area contributed by atoms with Crippen LogP contribution >= 0.6 is 7.67 Å². The van der Waals surface area contributed by atoms with E-state index in [9.17, 15) is 24.4 Å². The molecule has 4 N–H and O–H groups in total. The van der Waals surface area contributed by atoms with Crippen molar-refractivity contribution in [1.29, 1.82) is 0 Å². The highest BCUT2D eigenvalue weighted by Gasteiger charge is 2.54. The third-order valence-electron chi connectivity index (χ3n) is 6.13. The van der Waals surface area contributed by atoms with Crippen LogP contribution in [0.2, 0.25) is 0 Å². The zero-order valence-electron chi connectivity index (χ0n) is 23.5. The van der Waals surface area contributed by atoms with Gasteiger partial charge < -0.3 is 33.7 Å². The molecule has 17 heteroatoms. The van der Waals surface area contributed by atoms with Gasteiger partial charge in [-0.3, -0.25) is 18.7 Å². The highest BCUT2D eigenvalue weighted by Crippen LogP contribution is 2.44. The number of carbonyl (C=O) groups excluding carboxylic acids is 2. The molecule has 2 aromatic heterocycles. The topological polar surface area (TPSA) is 205 Å². The summed E-state index contributed by atoms with van der Waals surface area (Å²) < 4.78 is 42.0. The van der Waals surface area contributed by atoms with Gasteiger partial charge in [-0.15, -0.1) is 0 Å². The van der Waals surface area contributed by atoms with E-state index in [0.717, 1.165) is 0 Å². The first-order chi connectivity index (χ1) is 18.8. The molecule has 40 heavy (non-hydrogen) atoms. The molecule has 2 aromatic rings. The number of hydrogen-bond acceptors (Lipinski definition) is 13. The first-order valence-electron chi connectivity index (χ1n) is 12.7. The zero-order chi connectivity index (χ0) is 29.8. The van der Waals surface area contributed by atoms with E-state index in [1.165, 1.54) is 38.8 Å². The number of fused-ring (bicyclic) bond motifs is 1. The number of hydrogen-bond donors (Lipinski definition) is 4. The van der Waals surface area contributed by atoms with Crippen molar-refractivity contribution in [3.63, 3.8) is 0 Å². The summed E-state index contributed by atoms with van der Waals surface area (Å²) in [6.45, 7) is 8.77. The molecular formula is C23H37N6O10P. The molecule has 0 aromatic carbocycles. The summed E-state index contributed by atoms with van der Waals surface area (Å²) in [5.41, 5.74) is -1.25. The highest BCUT2D eigenvalue weighted by molar-refractivity contribution is 7.54. The maximum Gasteiger partial charge on any atom is 0.342 e. The number of methoxy groups -OCH3 is 1. The minimum absolute atomic E-state index is 0.0977. The summed E-state index contributed by atoms with van der Waals surface area (Å²) >= 11 is 0. The number of carbonyl (C=O) groups is 2. The molecule has 0 radical (unpaired) electrons. The molecule has 6 atom stereocenters. The summed E-state index contributed by atoms with van der Waals surface area (Å²) in [6, 6.07) is -2.18. The number of aliphatic hydroxyl groups is 2. The van der Waals surface area contributed by atoms with Gasteiger partial charge in [0.05, 0.1) is 33.3 Å². The van der Waals surface area contributed by atoms with Gasteiger partial charge in [0.25, 0.3) is 0 Å². The van der Waals surface area contributed by atoms with Crippen molar-refractivity contribution in [2.45, 2.75) is 77.7 Å². The summed E-state index contributed by atoms with van der Waals surface area (Å²) in [5, 5.41) is 27.3. The second kappa shape index (κ2) is 12.9. The second-order valence-electron chi connectivity index (χ2n) is 9.35. The number of nitrogens with one attached hydrogen (secondary N) is 2. The third-order valence-corrected chi connectivity index (χ3v) is 8.10. The third kappa shape index (κ3) is 6.77. The second-order valence-corrected chi connectivity index (χ2v) is 11.2. The smallest absolute Gasteiger partial charge is 0.342 e. The van der Waals surface area contributed by atoms with Crippen LogP contribution < -0.4 is 14.9 Å². The van der Waals surface area contributed by atoms with Gasteiger partial charge in [-0.2, -0.15) is 4.98 Å². The van der Waals surface area contributed by atoms with E-state index < -0.39 is 62.3 Å². The molecule has 3 rings (SSSR count). The molecule has 0 spiro atoms. The number of aryl methyl sites for hydroxylation is 1. The Morgan fingerprint density at radius 3 is 2.27 bits per heavy atom. The van der Waals surface area contributed by atoms with Crippen LogP contribution in [0.3, 0.4) is 0 Å². The number of nitrogens with zero attached hydrogens (tertiary/aromatic N) is 4. The Hall–Kier alpha value is -2.72. The number of imidazole rings is 1. The standard InChI is InChI=1S/C23H37N6O10P/c1-8-36-20(31)12(3)27-40(34,28-13(4)21(32)37-9-2)38-10-15-17(30)23(6,33)22(39-15)29-11-24-16-18(29)25-14(5)26-19(16)35-7/h11-13,15,17,22,30,33H,8-10H2,1-7H3,(H2,27,28,34)/t12?,13?,15-,17?,22-,23+,40?/m1/s1. The lowest BCUT2D eigenvalue weighted by atomic mass is 9.96. The Kier molecular flexibility index (Phi) is 10.2. The van der Waals surface area contributed by atoms with Gasteiger partial charge in [0.2, 0.25) is 5.88 Å². The normalized spacial score (nSPS) is 25.8. The van der Waals surface area contributed by atoms with Crippen LogP contribution in [0.5, 0.6) is 5.88 Å². The van der Waals surface area contributed by atoms with Crippen molar-refractivity contribution in [3.05, 3.63) is 12.2 Å². The quantitative estimate of drug-likeness (QED) is 0.184. The van der Waals surface area contributed by atoms with E-state index in [2.05, 4.69) is 25.1 Å². The fourth-order valence-electron chi connectivity index (χ4n) is 4.13. The Balaban J connectivity index is 1.84. The van der Waals surface area contributed by atoms with Crippen molar-refractivity contribution >= 4 is 30.8 Å². The SMILES string of the molecule is CCOC(=O)C(C)NP(=O)(NC(C)C(=O)OCC)OC[C@H]1O[C@@H](n2cnc3c(OC)nc(C)nc32)[C@@](C)(O)C1O. The molecule has 0 aliphatic carbocycles. The van der Waals surface area contributed by atoms with Crippen LogP contribution in [0.1, 0.15) is 46.7 Å². The molecule has 0 saturated carbocycles. The average molecular weight is 589 g/mol. The van der Waals surface area contributed by atoms with Gasteiger partial charge in [-0.1, -0.05) is 0 Å². The van der Waals surface area contributed by atoms with Crippen LogP contribution in [-0.4, -0.2) is 98.5 Å². The molecule has 3 heterocycles. The molecule has 1 saturated heterocycles. The van der Waals surface area contributed by atoms with Gasteiger partial charge in [0.1, 0.15) is 35.7 Å². The van der Waals surface area contributed by atoms with Crippen LogP contribution in [0.15, 0.2) is 6.33 Å².